The number of benzene rings is 7. The smallest absolute Gasteiger partial charge is 0.220 e. The molecule has 64 heavy (non-hydrogen) atoms. The summed E-state index contributed by atoms with van der Waals surface area (Å²) < 4.78 is 10.0. The van der Waals surface area contributed by atoms with E-state index in [1.807, 2.05) is 0 Å². The van der Waals surface area contributed by atoms with E-state index in [4.69, 9.17) is 9.97 Å². The van der Waals surface area contributed by atoms with Gasteiger partial charge in [-0.05, 0) is 115 Å². The molecule has 2 aliphatic carbocycles. The van der Waals surface area contributed by atoms with Crippen molar-refractivity contribution in [2.24, 2.45) is 0 Å². The molecular formula is C58H48N6. The zero-order chi connectivity index (χ0) is 43.5. The molecule has 0 amide bonds. The van der Waals surface area contributed by atoms with Gasteiger partial charge in [0.15, 0.2) is 0 Å². The SMILES string of the molecule is CC(C)(C)c1ccc2c(c1)c1c3c4c(c5cc(C(C)(C)C)ccc5n4c4nc5cc6c(cc5n34)C(C)(C)c3ccccc3-6)c3c1n2c1nc2cc4c(cc2n31)C(C)(C)c1ccccc1-4. The summed E-state index contributed by atoms with van der Waals surface area (Å²) in [6.45, 7) is 23.5. The first kappa shape index (κ1) is 35.5. The van der Waals surface area contributed by atoms with Gasteiger partial charge >= 0.3 is 0 Å². The van der Waals surface area contributed by atoms with Crippen molar-refractivity contribution in [1.29, 1.82) is 0 Å². The van der Waals surface area contributed by atoms with Crippen LogP contribution in [0.1, 0.15) is 103 Å². The first-order valence-corrected chi connectivity index (χ1v) is 23.0. The number of nitrogens with zero attached hydrogens (tertiary/aromatic N) is 6. The summed E-state index contributed by atoms with van der Waals surface area (Å²) >= 11 is 0. The molecule has 0 bridgehead atoms. The van der Waals surface area contributed by atoms with Crippen molar-refractivity contribution in [1.82, 2.24) is 27.6 Å². The number of imidazole rings is 4. The highest BCUT2D eigenvalue weighted by Crippen LogP contribution is 2.54. The van der Waals surface area contributed by atoms with E-state index in [0.29, 0.717) is 0 Å². The molecule has 6 aromatic heterocycles. The fraction of sp³-hybridized carbons (Fsp3) is 0.241. The van der Waals surface area contributed by atoms with Crippen molar-refractivity contribution in [3.63, 3.8) is 0 Å². The Morgan fingerprint density at radius 1 is 0.391 bits per heavy atom. The average Bonchev–Trinajstić information content (AvgIpc) is 4.12. The highest BCUT2D eigenvalue weighted by molar-refractivity contribution is 6.37. The summed E-state index contributed by atoms with van der Waals surface area (Å²) in [4.78, 5) is 11.4. The zero-order valence-corrected chi connectivity index (χ0v) is 38.1. The second-order valence-electron chi connectivity index (χ2n) is 22.4. The molecule has 7 aromatic carbocycles. The highest BCUT2D eigenvalue weighted by atomic mass is 15.2. The Morgan fingerprint density at radius 2 is 0.766 bits per heavy atom. The summed E-state index contributed by atoms with van der Waals surface area (Å²) in [7, 11) is 0. The van der Waals surface area contributed by atoms with Crippen LogP contribution in [-0.4, -0.2) is 27.6 Å². The standard InChI is InChI=1S/C58H48N6/c1-55(2,3)29-19-21-43-35(23-29)47-49-52(64-46-28-40-34(26-42(46)59-53(64)61(43)49)32-16-12-14-18-38(32)58(40,9)10)48-36-24-30(56(4,5)6)20-22-44(36)62-50(48)51(47)63-45-27-39-33(25-41(45)60-54(62)63)31-15-11-13-17-37(31)57(39,7)8/h11-28H,1-10H3. The summed E-state index contributed by atoms with van der Waals surface area (Å²) in [5.74, 6) is 1.92. The normalized spacial score (nSPS) is 15.9. The number of fused-ring (bicyclic) bond motifs is 24. The lowest BCUT2D eigenvalue weighted by atomic mass is 9.82. The second-order valence-corrected chi connectivity index (χ2v) is 22.4. The lowest BCUT2D eigenvalue weighted by molar-refractivity contribution is 0.591. The maximum Gasteiger partial charge on any atom is 0.220 e. The van der Waals surface area contributed by atoms with Gasteiger partial charge in [0.05, 0.1) is 55.2 Å². The summed E-state index contributed by atoms with van der Waals surface area (Å²) in [6.07, 6.45) is 0. The summed E-state index contributed by atoms with van der Waals surface area (Å²) in [5, 5.41) is 5.04. The lowest BCUT2D eigenvalue weighted by Gasteiger charge is -2.21. The zero-order valence-electron chi connectivity index (χ0n) is 38.1. The first-order chi connectivity index (χ1) is 30.5. The molecule has 0 saturated heterocycles. The van der Waals surface area contributed by atoms with Crippen LogP contribution in [-0.2, 0) is 21.7 Å². The van der Waals surface area contributed by atoms with E-state index in [1.165, 1.54) is 110 Å². The van der Waals surface area contributed by atoms with Gasteiger partial charge in [0.1, 0.15) is 0 Å². The third-order valence-corrected chi connectivity index (χ3v) is 16.1. The van der Waals surface area contributed by atoms with E-state index in [-0.39, 0.29) is 21.7 Å². The minimum atomic E-state index is -0.143. The van der Waals surface area contributed by atoms with E-state index < -0.39 is 0 Å². The molecule has 0 radical (unpaired) electrons. The van der Waals surface area contributed by atoms with Crippen LogP contribution in [0.5, 0.6) is 0 Å². The fourth-order valence-electron chi connectivity index (χ4n) is 12.8. The van der Waals surface area contributed by atoms with Crippen molar-refractivity contribution in [3.05, 3.63) is 143 Å². The van der Waals surface area contributed by atoms with Gasteiger partial charge in [-0.3, -0.25) is 17.6 Å². The monoisotopic (exact) mass is 828 g/mol. The third-order valence-electron chi connectivity index (χ3n) is 16.1. The van der Waals surface area contributed by atoms with Crippen molar-refractivity contribution in [2.45, 2.75) is 90.9 Å². The molecule has 0 atom stereocenters. The molecule has 0 N–H and O–H groups in total. The maximum absolute atomic E-state index is 5.68. The Morgan fingerprint density at radius 3 is 1.16 bits per heavy atom. The fourth-order valence-corrected chi connectivity index (χ4v) is 12.8. The van der Waals surface area contributed by atoms with Crippen LogP contribution in [0.15, 0.2) is 109 Å². The predicted molar refractivity (Wildman–Crippen MR) is 266 cm³/mol. The van der Waals surface area contributed by atoms with E-state index in [0.717, 1.165) is 33.6 Å². The summed E-state index contributed by atoms with van der Waals surface area (Å²) in [5.41, 5.74) is 24.6. The molecule has 15 rings (SSSR count). The maximum atomic E-state index is 5.68. The molecule has 0 unspecified atom stereocenters. The van der Waals surface area contributed by atoms with Gasteiger partial charge in [0.2, 0.25) is 11.6 Å². The Labute approximate surface area is 370 Å². The van der Waals surface area contributed by atoms with Gasteiger partial charge in [0, 0.05) is 32.4 Å². The molecule has 0 fully saturated rings. The predicted octanol–water partition coefficient (Wildman–Crippen LogP) is 14.5. The van der Waals surface area contributed by atoms with Crippen LogP contribution in [0.2, 0.25) is 0 Å². The van der Waals surface area contributed by atoms with Gasteiger partial charge in [-0.15, -0.1) is 0 Å². The van der Waals surface area contributed by atoms with E-state index in [9.17, 15) is 0 Å². The molecule has 0 saturated carbocycles. The molecule has 6 heteroatoms. The van der Waals surface area contributed by atoms with Gasteiger partial charge in [-0.2, -0.15) is 0 Å². The van der Waals surface area contributed by atoms with Gasteiger partial charge in [-0.1, -0.05) is 130 Å². The molecular weight excluding hydrogens is 781 g/mol. The molecule has 310 valence electrons. The number of aromatic nitrogens is 6. The van der Waals surface area contributed by atoms with Crippen molar-refractivity contribution in [2.75, 3.05) is 0 Å². The van der Waals surface area contributed by atoms with Crippen LogP contribution in [0.25, 0.3) is 111 Å². The van der Waals surface area contributed by atoms with Crippen molar-refractivity contribution >= 4 is 88.3 Å². The van der Waals surface area contributed by atoms with Crippen molar-refractivity contribution < 1.29 is 0 Å². The van der Waals surface area contributed by atoms with Crippen LogP contribution < -0.4 is 0 Å². The largest absolute Gasteiger partial charge is 0.277 e. The molecule has 0 aliphatic heterocycles. The van der Waals surface area contributed by atoms with E-state index in [2.05, 4.69) is 196 Å². The van der Waals surface area contributed by atoms with E-state index in [1.54, 1.807) is 0 Å². The van der Waals surface area contributed by atoms with Gasteiger partial charge < -0.3 is 0 Å². The minimum absolute atomic E-state index is 0.0386. The molecule has 6 heterocycles. The Hall–Kier alpha value is -6.92. The summed E-state index contributed by atoms with van der Waals surface area (Å²) in [6, 6.07) is 41.9. The molecule has 2 aliphatic rings. The third kappa shape index (κ3) is 3.83. The van der Waals surface area contributed by atoms with Crippen LogP contribution in [0.4, 0.5) is 0 Å². The van der Waals surface area contributed by atoms with Crippen LogP contribution in [0.3, 0.4) is 0 Å². The number of rotatable bonds is 0. The molecule has 0 spiro atoms. The number of hydrogen-bond acceptors (Lipinski definition) is 2. The highest BCUT2D eigenvalue weighted by Gasteiger charge is 2.39. The average molecular weight is 829 g/mol. The minimum Gasteiger partial charge on any atom is -0.277 e. The van der Waals surface area contributed by atoms with Crippen LogP contribution >= 0.6 is 0 Å². The topological polar surface area (TPSA) is 43.4 Å². The Kier molecular flexibility index (Phi) is 5.85. The second kappa shape index (κ2) is 10.5. The van der Waals surface area contributed by atoms with Crippen LogP contribution in [0, 0.1) is 0 Å². The molecule has 13 aromatic rings. The van der Waals surface area contributed by atoms with Gasteiger partial charge in [-0.25, -0.2) is 9.97 Å². The Bertz CT molecular complexity index is 4030. The quantitative estimate of drug-likeness (QED) is 0.153. The van der Waals surface area contributed by atoms with Crippen molar-refractivity contribution in [3.8, 4) is 22.3 Å². The van der Waals surface area contributed by atoms with Gasteiger partial charge in [0.25, 0.3) is 0 Å². The lowest BCUT2D eigenvalue weighted by Crippen LogP contribution is -2.14. The Balaban J connectivity index is 1.21. The first-order valence-electron chi connectivity index (χ1n) is 23.0. The number of hydrogen-bond donors (Lipinski definition) is 0. The van der Waals surface area contributed by atoms with E-state index >= 15 is 0 Å². The molecule has 6 nitrogen and oxygen atoms in total.